The van der Waals surface area contributed by atoms with Gasteiger partial charge >= 0.3 is 0 Å². The van der Waals surface area contributed by atoms with Gasteiger partial charge < -0.3 is 15.4 Å². The molecule has 1 aliphatic rings. The molecule has 1 aliphatic heterocycles. The van der Waals surface area contributed by atoms with Crippen LogP contribution in [0.4, 0.5) is 0 Å². The molecular formula is C17H26N2O2. The minimum absolute atomic E-state index is 0.0356. The van der Waals surface area contributed by atoms with Gasteiger partial charge in [-0.1, -0.05) is 37.1 Å². The Kier molecular flexibility index (Phi) is 6.70. The highest BCUT2D eigenvalue weighted by Crippen LogP contribution is 2.11. The first-order valence-electron chi connectivity index (χ1n) is 7.97. The normalized spacial score (nSPS) is 19.0. The fourth-order valence-corrected chi connectivity index (χ4v) is 2.64. The van der Waals surface area contributed by atoms with Gasteiger partial charge in [0.2, 0.25) is 5.91 Å². The van der Waals surface area contributed by atoms with Crippen molar-refractivity contribution in [3.63, 3.8) is 0 Å². The van der Waals surface area contributed by atoms with Crippen molar-refractivity contribution >= 4 is 5.91 Å². The van der Waals surface area contributed by atoms with Crippen molar-refractivity contribution in [2.75, 3.05) is 13.2 Å². The quantitative estimate of drug-likeness (QED) is 0.845. The molecule has 4 heteroatoms. The highest BCUT2D eigenvalue weighted by Gasteiger charge is 2.19. The summed E-state index contributed by atoms with van der Waals surface area (Å²) in [7, 11) is 0. The van der Waals surface area contributed by atoms with Crippen LogP contribution in [-0.4, -0.2) is 25.1 Å². The summed E-state index contributed by atoms with van der Waals surface area (Å²) >= 11 is 0. The van der Waals surface area contributed by atoms with Gasteiger partial charge in [0, 0.05) is 13.2 Å². The molecule has 1 aromatic rings. The first-order valence-corrected chi connectivity index (χ1v) is 7.97. The number of benzene rings is 1. The summed E-state index contributed by atoms with van der Waals surface area (Å²) in [5, 5.41) is 6.39. The van der Waals surface area contributed by atoms with Crippen LogP contribution in [0.25, 0.3) is 0 Å². The molecule has 2 N–H and O–H groups in total. The first-order chi connectivity index (χ1) is 10.3. The fourth-order valence-electron chi connectivity index (χ4n) is 2.64. The number of carbonyl (C=O) groups is 1. The van der Waals surface area contributed by atoms with Crippen molar-refractivity contribution in [2.45, 2.75) is 51.8 Å². The molecule has 0 aromatic heterocycles. The van der Waals surface area contributed by atoms with Crippen LogP contribution >= 0.6 is 0 Å². The molecule has 0 bridgehead atoms. The van der Waals surface area contributed by atoms with Gasteiger partial charge in [0.1, 0.15) is 0 Å². The summed E-state index contributed by atoms with van der Waals surface area (Å²) in [5.41, 5.74) is 2.28. The van der Waals surface area contributed by atoms with E-state index < -0.39 is 0 Å². The number of amides is 1. The minimum atomic E-state index is -0.0356. The van der Waals surface area contributed by atoms with E-state index in [1.807, 2.05) is 19.1 Å². The lowest BCUT2D eigenvalue weighted by Crippen LogP contribution is -2.43. The van der Waals surface area contributed by atoms with Gasteiger partial charge in [0.15, 0.2) is 0 Å². The van der Waals surface area contributed by atoms with Crippen molar-refractivity contribution in [1.29, 1.82) is 0 Å². The minimum Gasteiger partial charge on any atom is -0.377 e. The first kappa shape index (κ1) is 16.0. The molecule has 0 radical (unpaired) electrons. The van der Waals surface area contributed by atoms with Crippen LogP contribution < -0.4 is 10.6 Å². The molecule has 1 saturated heterocycles. The smallest absolute Gasteiger partial charge is 0.237 e. The predicted octanol–water partition coefficient (Wildman–Crippen LogP) is 2.37. The van der Waals surface area contributed by atoms with Crippen LogP contribution in [-0.2, 0) is 22.7 Å². The lowest BCUT2D eigenvalue weighted by molar-refractivity contribution is -0.123. The van der Waals surface area contributed by atoms with E-state index in [9.17, 15) is 4.79 Å². The highest BCUT2D eigenvalue weighted by atomic mass is 16.5. The standard InChI is InChI=1S/C17H26N2O2/c1-2-21-13-15-9-6-5-8-14(15)12-19-17(20)16-10-4-3-7-11-18-16/h5-6,8-9,16,18H,2-4,7,10-13H2,1H3,(H,19,20). The summed E-state index contributed by atoms with van der Waals surface area (Å²) in [5.74, 6) is 0.114. The van der Waals surface area contributed by atoms with Crippen molar-refractivity contribution < 1.29 is 9.53 Å². The average Bonchev–Trinajstić information content (AvgIpc) is 2.80. The van der Waals surface area contributed by atoms with Gasteiger partial charge in [0.05, 0.1) is 12.6 Å². The van der Waals surface area contributed by atoms with Crippen LogP contribution in [0, 0.1) is 0 Å². The molecule has 4 nitrogen and oxygen atoms in total. The summed E-state index contributed by atoms with van der Waals surface area (Å²) in [4.78, 5) is 12.2. The summed E-state index contributed by atoms with van der Waals surface area (Å²) in [6.07, 6.45) is 4.45. The lowest BCUT2D eigenvalue weighted by atomic mass is 10.1. The summed E-state index contributed by atoms with van der Waals surface area (Å²) < 4.78 is 5.47. The molecule has 0 spiro atoms. The molecule has 1 aromatic carbocycles. The summed E-state index contributed by atoms with van der Waals surface area (Å²) in [6.45, 7) is 4.80. The Bertz CT molecular complexity index is 440. The predicted molar refractivity (Wildman–Crippen MR) is 83.9 cm³/mol. The number of carbonyl (C=O) groups excluding carboxylic acids is 1. The maximum atomic E-state index is 12.2. The van der Waals surface area contributed by atoms with E-state index in [-0.39, 0.29) is 11.9 Å². The van der Waals surface area contributed by atoms with Crippen molar-refractivity contribution in [1.82, 2.24) is 10.6 Å². The molecule has 1 fully saturated rings. The maximum Gasteiger partial charge on any atom is 0.237 e. The van der Waals surface area contributed by atoms with E-state index in [4.69, 9.17) is 4.74 Å². The third-order valence-corrected chi connectivity index (χ3v) is 3.91. The van der Waals surface area contributed by atoms with Crippen LogP contribution in [0.2, 0.25) is 0 Å². The maximum absolute atomic E-state index is 12.2. The van der Waals surface area contributed by atoms with E-state index in [0.29, 0.717) is 19.8 Å². The topological polar surface area (TPSA) is 50.4 Å². The Morgan fingerprint density at radius 3 is 2.90 bits per heavy atom. The molecule has 1 unspecified atom stereocenters. The van der Waals surface area contributed by atoms with Crippen LogP contribution in [0.15, 0.2) is 24.3 Å². The van der Waals surface area contributed by atoms with Crippen molar-refractivity contribution in [3.8, 4) is 0 Å². The van der Waals surface area contributed by atoms with Gasteiger partial charge in [0.25, 0.3) is 0 Å². The largest absolute Gasteiger partial charge is 0.377 e. The number of ether oxygens (including phenoxy) is 1. The molecule has 2 rings (SSSR count). The van der Waals surface area contributed by atoms with Crippen LogP contribution in [0.3, 0.4) is 0 Å². The molecule has 1 atom stereocenters. The van der Waals surface area contributed by atoms with Crippen molar-refractivity contribution in [2.24, 2.45) is 0 Å². The monoisotopic (exact) mass is 290 g/mol. The number of hydrogen-bond acceptors (Lipinski definition) is 3. The lowest BCUT2D eigenvalue weighted by Gasteiger charge is -2.16. The van der Waals surface area contributed by atoms with Crippen LogP contribution in [0.5, 0.6) is 0 Å². The molecule has 21 heavy (non-hydrogen) atoms. The van der Waals surface area contributed by atoms with Gasteiger partial charge in [-0.3, -0.25) is 4.79 Å². The third-order valence-electron chi connectivity index (χ3n) is 3.91. The molecule has 116 valence electrons. The second-order valence-corrected chi connectivity index (χ2v) is 5.48. The second-order valence-electron chi connectivity index (χ2n) is 5.48. The molecule has 0 saturated carbocycles. The highest BCUT2D eigenvalue weighted by molar-refractivity contribution is 5.81. The van der Waals surface area contributed by atoms with E-state index in [2.05, 4.69) is 22.8 Å². The Morgan fingerprint density at radius 2 is 2.10 bits per heavy atom. The van der Waals surface area contributed by atoms with E-state index in [1.54, 1.807) is 0 Å². The molecular weight excluding hydrogens is 264 g/mol. The molecule has 1 heterocycles. The number of hydrogen-bond donors (Lipinski definition) is 2. The SMILES string of the molecule is CCOCc1ccccc1CNC(=O)C1CCCCCN1. The zero-order valence-electron chi connectivity index (χ0n) is 12.9. The number of rotatable bonds is 6. The molecule has 1 amide bonds. The van der Waals surface area contributed by atoms with Crippen molar-refractivity contribution in [3.05, 3.63) is 35.4 Å². The van der Waals surface area contributed by atoms with Crippen LogP contribution in [0.1, 0.15) is 43.7 Å². The van der Waals surface area contributed by atoms with E-state index in [1.165, 1.54) is 12.8 Å². The van der Waals surface area contributed by atoms with Gasteiger partial charge in [-0.2, -0.15) is 0 Å². The third kappa shape index (κ3) is 5.14. The van der Waals surface area contributed by atoms with E-state index in [0.717, 1.165) is 30.5 Å². The second kappa shape index (κ2) is 8.80. The van der Waals surface area contributed by atoms with Gasteiger partial charge in [-0.25, -0.2) is 0 Å². The van der Waals surface area contributed by atoms with Gasteiger partial charge in [-0.15, -0.1) is 0 Å². The molecule has 0 aliphatic carbocycles. The Morgan fingerprint density at radius 1 is 1.29 bits per heavy atom. The van der Waals surface area contributed by atoms with E-state index >= 15 is 0 Å². The zero-order valence-corrected chi connectivity index (χ0v) is 12.9. The van der Waals surface area contributed by atoms with Gasteiger partial charge in [-0.05, 0) is 37.4 Å². The number of nitrogens with one attached hydrogen (secondary N) is 2. The zero-order chi connectivity index (χ0) is 14.9. The average molecular weight is 290 g/mol. The summed E-state index contributed by atoms with van der Waals surface area (Å²) in [6, 6.07) is 8.08. The Hall–Kier alpha value is -1.39. The Balaban J connectivity index is 1.88. The fraction of sp³-hybridized carbons (Fsp3) is 0.588. The Labute approximate surface area is 127 Å².